The van der Waals surface area contributed by atoms with Crippen LogP contribution in [0.1, 0.15) is 72.1 Å². The van der Waals surface area contributed by atoms with Crippen LogP contribution in [0.4, 0.5) is 4.79 Å². The van der Waals surface area contributed by atoms with Gasteiger partial charge in [-0.25, -0.2) is 9.59 Å². The Bertz CT molecular complexity index is 579. The molecular weight excluding hydrogens is 318 g/mol. The zero-order valence-corrected chi connectivity index (χ0v) is 16.4. The van der Waals surface area contributed by atoms with E-state index >= 15 is 0 Å². The van der Waals surface area contributed by atoms with Crippen LogP contribution < -0.4 is 5.32 Å². The largest absolute Gasteiger partial charge is 0.458 e. The van der Waals surface area contributed by atoms with Crippen LogP contribution in [0, 0.1) is 0 Å². The summed E-state index contributed by atoms with van der Waals surface area (Å²) in [6.07, 6.45) is 1.36. The average Bonchev–Trinajstić information content (AvgIpc) is 2.42. The molecule has 0 fully saturated rings. The van der Waals surface area contributed by atoms with Crippen LogP contribution in [0.15, 0.2) is 24.3 Å². The molecule has 0 aliphatic rings. The zero-order chi connectivity index (χ0) is 19.3. The number of benzene rings is 1. The Labute approximate surface area is 151 Å². The number of hydrogen-bond donors (Lipinski definition) is 1. The molecule has 1 N–H and O–H groups in total. The minimum Gasteiger partial charge on any atom is -0.458 e. The van der Waals surface area contributed by atoms with E-state index in [9.17, 15) is 9.59 Å². The standard InChI is InChI=1S/C20H31NO4/c1-8-9-14-10-12-15(13-11-14)16(17(22)24-19(2,3)4)21-18(23)25-20(5,6)7/h10-13,16H,8-9H2,1-7H3,(H,21,23). The quantitative estimate of drug-likeness (QED) is 0.792. The first kappa shape index (κ1) is 21.0. The van der Waals surface area contributed by atoms with Gasteiger partial charge in [0.15, 0.2) is 6.04 Å². The van der Waals surface area contributed by atoms with Gasteiger partial charge in [0.1, 0.15) is 11.2 Å². The van der Waals surface area contributed by atoms with E-state index in [2.05, 4.69) is 12.2 Å². The van der Waals surface area contributed by atoms with Crippen molar-refractivity contribution >= 4 is 12.1 Å². The summed E-state index contributed by atoms with van der Waals surface area (Å²) in [6.45, 7) is 12.8. The number of esters is 1. The van der Waals surface area contributed by atoms with Gasteiger partial charge in [-0.15, -0.1) is 0 Å². The van der Waals surface area contributed by atoms with Gasteiger partial charge in [0.25, 0.3) is 0 Å². The fourth-order valence-corrected chi connectivity index (χ4v) is 2.23. The van der Waals surface area contributed by atoms with E-state index in [0.717, 1.165) is 12.8 Å². The molecule has 0 aliphatic carbocycles. The molecule has 1 aromatic carbocycles. The SMILES string of the molecule is CCCc1ccc(C(NC(=O)OC(C)(C)C)C(=O)OC(C)(C)C)cc1. The maximum Gasteiger partial charge on any atom is 0.408 e. The zero-order valence-electron chi connectivity index (χ0n) is 16.4. The molecule has 1 amide bonds. The first-order valence-corrected chi connectivity index (χ1v) is 8.72. The van der Waals surface area contributed by atoms with Gasteiger partial charge in [0.2, 0.25) is 0 Å². The molecule has 5 nitrogen and oxygen atoms in total. The number of alkyl carbamates (subject to hydrolysis) is 1. The molecule has 25 heavy (non-hydrogen) atoms. The van der Waals surface area contributed by atoms with Gasteiger partial charge in [-0.2, -0.15) is 0 Å². The van der Waals surface area contributed by atoms with Gasteiger partial charge < -0.3 is 14.8 Å². The van der Waals surface area contributed by atoms with Crippen LogP contribution in [0.25, 0.3) is 0 Å². The molecule has 1 atom stereocenters. The first-order valence-electron chi connectivity index (χ1n) is 8.72. The summed E-state index contributed by atoms with van der Waals surface area (Å²) in [7, 11) is 0. The van der Waals surface area contributed by atoms with Crippen LogP contribution in [0.5, 0.6) is 0 Å². The lowest BCUT2D eigenvalue weighted by molar-refractivity contribution is -0.157. The number of nitrogens with one attached hydrogen (secondary N) is 1. The molecule has 0 saturated carbocycles. The molecule has 0 radical (unpaired) electrons. The lowest BCUT2D eigenvalue weighted by Crippen LogP contribution is -2.40. The molecule has 1 unspecified atom stereocenters. The normalized spacial score (nSPS) is 13.1. The summed E-state index contributed by atoms with van der Waals surface area (Å²) in [4.78, 5) is 24.7. The van der Waals surface area contributed by atoms with Crippen molar-refractivity contribution in [3.8, 4) is 0 Å². The fraction of sp³-hybridized carbons (Fsp3) is 0.600. The molecule has 5 heteroatoms. The second kappa shape index (κ2) is 8.37. The van der Waals surface area contributed by atoms with E-state index in [1.807, 2.05) is 24.3 Å². The lowest BCUT2D eigenvalue weighted by Gasteiger charge is -2.26. The van der Waals surface area contributed by atoms with E-state index in [1.165, 1.54) is 5.56 Å². The van der Waals surface area contributed by atoms with Crippen LogP contribution in [-0.2, 0) is 20.7 Å². The van der Waals surface area contributed by atoms with Gasteiger partial charge >= 0.3 is 12.1 Å². The molecule has 0 saturated heterocycles. The Morgan fingerprint density at radius 2 is 1.48 bits per heavy atom. The molecule has 0 bridgehead atoms. The molecular formula is C20H31NO4. The monoisotopic (exact) mass is 349 g/mol. The number of aryl methyl sites for hydroxylation is 1. The van der Waals surface area contributed by atoms with Crippen molar-refractivity contribution < 1.29 is 19.1 Å². The summed E-state index contributed by atoms with van der Waals surface area (Å²) < 4.78 is 10.7. The summed E-state index contributed by atoms with van der Waals surface area (Å²) in [5.74, 6) is -0.512. The topological polar surface area (TPSA) is 64.6 Å². The third-order valence-electron chi connectivity index (χ3n) is 3.16. The Kier molecular flexibility index (Phi) is 7.03. The van der Waals surface area contributed by atoms with E-state index in [-0.39, 0.29) is 0 Å². The highest BCUT2D eigenvalue weighted by Gasteiger charge is 2.29. The molecule has 1 rings (SSSR count). The third-order valence-corrected chi connectivity index (χ3v) is 3.16. The van der Waals surface area contributed by atoms with Gasteiger partial charge in [-0.3, -0.25) is 0 Å². The van der Waals surface area contributed by atoms with E-state index in [0.29, 0.717) is 5.56 Å². The summed E-state index contributed by atoms with van der Waals surface area (Å²) >= 11 is 0. The second-order valence-electron chi connectivity index (χ2n) is 8.10. The summed E-state index contributed by atoms with van der Waals surface area (Å²) in [5, 5.41) is 2.63. The minimum atomic E-state index is -0.912. The Balaban J connectivity index is 3.01. The van der Waals surface area contributed by atoms with E-state index in [4.69, 9.17) is 9.47 Å². The van der Waals surface area contributed by atoms with E-state index < -0.39 is 29.3 Å². The van der Waals surface area contributed by atoms with Crippen molar-refractivity contribution in [2.45, 2.75) is 78.6 Å². The highest BCUT2D eigenvalue weighted by atomic mass is 16.6. The fourth-order valence-electron chi connectivity index (χ4n) is 2.23. The smallest absolute Gasteiger partial charge is 0.408 e. The van der Waals surface area contributed by atoms with Gasteiger partial charge in [-0.05, 0) is 59.1 Å². The number of rotatable bonds is 5. The predicted molar refractivity (Wildman–Crippen MR) is 98.4 cm³/mol. The number of carbonyl (C=O) groups is 2. The molecule has 0 heterocycles. The van der Waals surface area contributed by atoms with Crippen molar-refractivity contribution in [1.82, 2.24) is 5.32 Å². The van der Waals surface area contributed by atoms with E-state index in [1.54, 1.807) is 41.5 Å². The molecule has 0 spiro atoms. The number of ether oxygens (including phenoxy) is 2. The van der Waals surface area contributed by atoms with Crippen LogP contribution in [0.3, 0.4) is 0 Å². The molecule has 0 aromatic heterocycles. The number of hydrogen-bond acceptors (Lipinski definition) is 4. The van der Waals surface area contributed by atoms with Crippen LogP contribution >= 0.6 is 0 Å². The Hall–Kier alpha value is -2.04. The number of amides is 1. The minimum absolute atomic E-state index is 0.512. The summed E-state index contributed by atoms with van der Waals surface area (Å²) in [5.41, 5.74) is 0.562. The maximum absolute atomic E-state index is 12.6. The highest BCUT2D eigenvalue weighted by molar-refractivity contribution is 5.83. The Morgan fingerprint density at radius 1 is 0.960 bits per heavy atom. The van der Waals surface area contributed by atoms with Crippen LogP contribution in [0.2, 0.25) is 0 Å². The van der Waals surface area contributed by atoms with Gasteiger partial charge in [0.05, 0.1) is 0 Å². The lowest BCUT2D eigenvalue weighted by atomic mass is 10.0. The maximum atomic E-state index is 12.6. The van der Waals surface area contributed by atoms with Crippen molar-refractivity contribution in [1.29, 1.82) is 0 Å². The Morgan fingerprint density at radius 3 is 1.92 bits per heavy atom. The predicted octanol–water partition coefficient (Wildman–Crippen LogP) is 4.55. The highest BCUT2D eigenvalue weighted by Crippen LogP contribution is 2.21. The van der Waals surface area contributed by atoms with Crippen molar-refractivity contribution in [3.05, 3.63) is 35.4 Å². The van der Waals surface area contributed by atoms with Crippen molar-refractivity contribution in [3.63, 3.8) is 0 Å². The van der Waals surface area contributed by atoms with Crippen LogP contribution in [-0.4, -0.2) is 23.3 Å². The number of carbonyl (C=O) groups excluding carboxylic acids is 2. The van der Waals surface area contributed by atoms with Gasteiger partial charge in [0, 0.05) is 0 Å². The molecule has 140 valence electrons. The first-order chi connectivity index (χ1) is 11.4. The third kappa shape index (κ3) is 8.05. The second-order valence-corrected chi connectivity index (χ2v) is 8.10. The molecule has 0 aliphatic heterocycles. The van der Waals surface area contributed by atoms with Crippen molar-refractivity contribution in [2.24, 2.45) is 0 Å². The average molecular weight is 349 g/mol. The summed E-state index contributed by atoms with van der Waals surface area (Å²) in [6, 6.07) is 6.71. The van der Waals surface area contributed by atoms with Crippen molar-refractivity contribution in [2.75, 3.05) is 0 Å². The van der Waals surface area contributed by atoms with Gasteiger partial charge in [-0.1, -0.05) is 37.6 Å². The molecule has 1 aromatic rings.